The molecule has 0 amide bonds. The molecule has 0 unspecified atom stereocenters. The quantitative estimate of drug-likeness (QED) is 0.143. The van der Waals surface area contributed by atoms with Crippen LogP contribution in [0.3, 0.4) is 0 Å². The first-order valence-electron chi connectivity index (χ1n) is 22.6. The highest BCUT2D eigenvalue weighted by molar-refractivity contribution is 6.13. The lowest BCUT2D eigenvalue weighted by molar-refractivity contribution is 1.000. The van der Waals surface area contributed by atoms with Crippen LogP contribution in [-0.2, 0) is 6.42 Å². The molecule has 0 aliphatic heterocycles. The maximum absolute atomic E-state index is 9.86. The van der Waals surface area contributed by atoms with Crippen LogP contribution in [0.4, 0.5) is 17.1 Å². The van der Waals surface area contributed by atoms with Gasteiger partial charge < -0.3 is 14.0 Å². The van der Waals surface area contributed by atoms with Gasteiger partial charge in [0.05, 0.1) is 33.7 Å². The molecule has 0 N–H and O–H groups in total. The van der Waals surface area contributed by atoms with Crippen molar-refractivity contribution in [2.24, 2.45) is 0 Å². The van der Waals surface area contributed by atoms with Crippen molar-refractivity contribution >= 4 is 77.0 Å². The zero-order valence-electron chi connectivity index (χ0n) is 36.1. The van der Waals surface area contributed by atoms with Crippen LogP contribution in [0.15, 0.2) is 212 Å². The van der Waals surface area contributed by atoms with Crippen molar-refractivity contribution < 1.29 is 0 Å². The fourth-order valence-corrected chi connectivity index (χ4v) is 10.5. The van der Waals surface area contributed by atoms with Gasteiger partial charge in [-0.15, -0.1) is 0 Å². The number of allylic oxidation sites excluding steroid dienone is 4. The normalized spacial score (nSPS) is 13.2. The Balaban J connectivity index is 1.10. The van der Waals surface area contributed by atoms with E-state index >= 15 is 0 Å². The van der Waals surface area contributed by atoms with Crippen LogP contribution < -0.4 is 4.90 Å². The molecule has 0 radical (unpaired) electrons. The van der Waals surface area contributed by atoms with Crippen molar-refractivity contribution in [3.8, 4) is 28.6 Å². The van der Waals surface area contributed by atoms with E-state index < -0.39 is 0 Å². The Labute approximate surface area is 378 Å². The molecule has 12 rings (SSSR count). The number of anilines is 3. The first-order valence-corrected chi connectivity index (χ1v) is 22.6. The van der Waals surface area contributed by atoms with E-state index in [2.05, 4.69) is 227 Å². The Bertz CT molecular complexity index is 3750. The zero-order valence-corrected chi connectivity index (χ0v) is 36.1. The number of aryl methyl sites for hydroxylation is 1. The molecule has 0 saturated heterocycles. The summed E-state index contributed by atoms with van der Waals surface area (Å²) in [5.41, 5.74) is 17.4. The molecular weight excluding hydrogens is 789 g/mol. The molecule has 0 spiro atoms. The number of nitriles is 1. The molecular formula is C61H44N4. The molecule has 11 aromatic rings. The summed E-state index contributed by atoms with van der Waals surface area (Å²) in [6.45, 7) is 2.10. The summed E-state index contributed by atoms with van der Waals surface area (Å²) < 4.78 is 4.76. The van der Waals surface area contributed by atoms with Crippen LogP contribution >= 0.6 is 0 Å². The van der Waals surface area contributed by atoms with Crippen molar-refractivity contribution in [1.82, 2.24) is 9.13 Å². The summed E-state index contributed by atoms with van der Waals surface area (Å²) in [7, 11) is 0. The van der Waals surface area contributed by atoms with Crippen LogP contribution in [0.25, 0.3) is 82.5 Å². The van der Waals surface area contributed by atoms with E-state index in [0.717, 1.165) is 53.2 Å². The number of hydrogen-bond acceptors (Lipinski definition) is 2. The molecule has 9 aromatic carbocycles. The number of hydrogen-bond donors (Lipinski definition) is 0. The van der Waals surface area contributed by atoms with Crippen LogP contribution in [0.2, 0.25) is 0 Å². The third-order valence-electron chi connectivity index (χ3n) is 13.4. The summed E-state index contributed by atoms with van der Waals surface area (Å²) in [6, 6.07) is 72.5. The number of nitrogens with zero attached hydrogens (tertiary/aromatic N) is 4. The number of rotatable bonds is 8. The lowest BCUT2D eigenvalue weighted by Crippen LogP contribution is -2.14. The molecule has 0 atom stereocenters. The van der Waals surface area contributed by atoms with Gasteiger partial charge in [-0.25, -0.2) is 0 Å². The molecule has 4 nitrogen and oxygen atoms in total. The Morgan fingerprint density at radius 2 is 1.14 bits per heavy atom. The highest BCUT2D eigenvalue weighted by atomic mass is 15.1. The minimum absolute atomic E-state index is 0.640. The molecule has 0 bridgehead atoms. The third kappa shape index (κ3) is 6.27. The average molecular weight is 833 g/mol. The second-order valence-electron chi connectivity index (χ2n) is 17.0. The summed E-state index contributed by atoms with van der Waals surface area (Å²) in [5, 5.41) is 17.3. The number of aromatic nitrogens is 2. The minimum atomic E-state index is 0.640. The second kappa shape index (κ2) is 15.8. The Morgan fingerprint density at radius 1 is 0.554 bits per heavy atom. The van der Waals surface area contributed by atoms with E-state index in [4.69, 9.17) is 0 Å². The van der Waals surface area contributed by atoms with Crippen LogP contribution in [-0.4, -0.2) is 9.13 Å². The van der Waals surface area contributed by atoms with E-state index in [9.17, 15) is 5.26 Å². The smallest absolute Gasteiger partial charge is 0.0991 e. The van der Waals surface area contributed by atoms with Gasteiger partial charge in [-0.2, -0.15) is 5.26 Å². The number of para-hydroxylation sites is 4. The van der Waals surface area contributed by atoms with Gasteiger partial charge in [0.2, 0.25) is 0 Å². The molecule has 308 valence electrons. The van der Waals surface area contributed by atoms with Crippen molar-refractivity contribution in [2.45, 2.75) is 26.2 Å². The zero-order chi connectivity index (χ0) is 43.4. The van der Waals surface area contributed by atoms with Crippen molar-refractivity contribution in [2.75, 3.05) is 4.90 Å². The first kappa shape index (κ1) is 38.3. The van der Waals surface area contributed by atoms with Crippen molar-refractivity contribution in [1.29, 1.82) is 5.26 Å². The summed E-state index contributed by atoms with van der Waals surface area (Å²) in [4.78, 5) is 2.42. The number of fused-ring (bicyclic) bond motifs is 6. The Morgan fingerprint density at radius 3 is 1.80 bits per heavy atom. The van der Waals surface area contributed by atoms with E-state index in [1.165, 1.54) is 76.7 Å². The van der Waals surface area contributed by atoms with Gasteiger partial charge >= 0.3 is 0 Å². The topological polar surface area (TPSA) is 36.9 Å². The molecule has 0 fully saturated rings. The largest absolute Gasteiger partial charge is 0.310 e. The molecule has 1 aliphatic carbocycles. The second-order valence-corrected chi connectivity index (χ2v) is 17.0. The van der Waals surface area contributed by atoms with Gasteiger partial charge in [-0.1, -0.05) is 115 Å². The van der Waals surface area contributed by atoms with Crippen molar-refractivity contribution in [3.05, 3.63) is 229 Å². The first-order chi connectivity index (χ1) is 32.2. The summed E-state index contributed by atoms with van der Waals surface area (Å²) in [5.74, 6) is 0. The van der Waals surface area contributed by atoms with Crippen LogP contribution in [0, 0.1) is 11.3 Å². The van der Waals surface area contributed by atoms with Crippen LogP contribution in [0.1, 0.15) is 36.5 Å². The minimum Gasteiger partial charge on any atom is -0.310 e. The van der Waals surface area contributed by atoms with E-state index in [0.29, 0.717) is 5.56 Å². The molecule has 0 saturated carbocycles. The predicted octanol–water partition coefficient (Wildman–Crippen LogP) is 16.3. The Hall–Kier alpha value is -8.39. The summed E-state index contributed by atoms with van der Waals surface area (Å²) in [6.07, 6.45) is 9.55. The monoisotopic (exact) mass is 832 g/mol. The van der Waals surface area contributed by atoms with Crippen LogP contribution in [0.5, 0.6) is 0 Å². The van der Waals surface area contributed by atoms with E-state index in [1.807, 2.05) is 12.1 Å². The van der Waals surface area contributed by atoms with Gasteiger partial charge in [-0.3, -0.25) is 0 Å². The highest BCUT2D eigenvalue weighted by Gasteiger charge is 2.27. The fourth-order valence-electron chi connectivity index (χ4n) is 10.5. The lowest BCUT2D eigenvalue weighted by atomic mass is 9.79. The fraction of sp³-hybridized carbons (Fsp3) is 0.0656. The van der Waals surface area contributed by atoms with Crippen molar-refractivity contribution in [3.63, 3.8) is 0 Å². The molecule has 4 heteroatoms. The standard InChI is InChI=1S/C61H44N4/c1-2-3-6-15-42-27-34-52-57(63(47-30-24-41(40-62)25-31-47)48-32-37-59-54(39-48)51-21-12-14-23-56(51)65(59)46-18-9-5-10-19-46)35-28-43-26-33-49(60(42)61(43)52)44-29-36-58-53(38-44)50-20-11-13-22-55(50)64(58)45-16-7-4-8-17-45/h2-5,7-26,28-33,35-39H,6,27,34H2,1H3/b3-2?,42-15-. The highest BCUT2D eigenvalue weighted by Crippen LogP contribution is 2.49. The SMILES string of the molecule is CC=CC/C=C1/CCc2c(N(c3ccc(C#N)cc3)c3ccc4c(c3)c3ccccc3n4-c3ccccc3)ccc3ccc(-c4ccc5c(c4)c4ccccc4n5-c4ccccc4)c1c23. The third-order valence-corrected chi connectivity index (χ3v) is 13.4. The van der Waals surface area contributed by atoms with E-state index in [-0.39, 0.29) is 0 Å². The maximum Gasteiger partial charge on any atom is 0.0991 e. The number of benzene rings is 9. The maximum atomic E-state index is 9.86. The lowest BCUT2D eigenvalue weighted by Gasteiger charge is -2.32. The van der Waals surface area contributed by atoms with Gasteiger partial charge in [-0.05, 0) is 162 Å². The molecule has 65 heavy (non-hydrogen) atoms. The molecule has 1 aliphatic rings. The Kier molecular flexibility index (Phi) is 9.28. The van der Waals surface area contributed by atoms with E-state index in [1.54, 1.807) is 0 Å². The molecule has 2 heterocycles. The summed E-state index contributed by atoms with van der Waals surface area (Å²) >= 11 is 0. The van der Waals surface area contributed by atoms with Gasteiger partial charge in [0.25, 0.3) is 0 Å². The predicted molar refractivity (Wildman–Crippen MR) is 273 cm³/mol. The van der Waals surface area contributed by atoms with Gasteiger partial charge in [0.1, 0.15) is 0 Å². The van der Waals surface area contributed by atoms with Gasteiger partial charge in [0, 0.05) is 50.0 Å². The average Bonchev–Trinajstić information content (AvgIpc) is 3.88. The molecule has 2 aromatic heterocycles. The van der Waals surface area contributed by atoms with Gasteiger partial charge in [0.15, 0.2) is 0 Å².